The van der Waals surface area contributed by atoms with E-state index < -0.39 is 63.1 Å². The van der Waals surface area contributed by atoms with Crippen molar-refractivity contribution < 1.29 is 58.3 Å². The van der Waals surface area contributed by atoms with Gasteiger partial charge in [-0.25, -0.2) is 4.57 Å². The Kier molecular flexibility index (Phi) is 29.1. The van der Waals surface area contributed by atoms with Crippen LogP contribution < -0.4 is 0 Å². The Morgan fingerprint density at radius 1 is 0.549 bits per heavy atom. The monoisotopic (exact) mass is 754 g/mol. The molecule has 0 bridgehead atoms. The van der Waals surface area contributed by atoms with Gasteiger partial charge in [-0.3, -0.25) is 13.8 Å². The Morgan fingerprint density at radius 2 is 0.922 bits per heavy atom. The molecule has 1 saturated carbocycles. The van der Waals surface area contributed by atoms with E-state index in [1.165, 1.54) is 109 Å². The lowest BCUT2D eigenvalue weighted by atomic mass is 9.85. The van der Waals surface area contributed by atoms with Crippen molar-refractivity contribution in [3.05, 3.63) is 0 Å². The van der Waals surface area contributed by atoms with Crippen LogP contribution >= 0.6 is 7.82 Å². The molecule has 0 aromatic carbocycles. The summed E-state index contributed by atoms with van der Waals surface area (Å²) in [6, 6.07) is 0. The summed E-state index contributed by atoms with van der Waals surface area (Å²) >= 11 is 0. The first-order valence-electron chi connectivity index (χ1n) is 20.4. The molecule has 12 nitrogen and oxygen atoms in total. The van der Waals surface area contributed by atoms with Gasteiger partial charge in [0.05, 0.1) is 13.2 Å². The molecule has 304 valence electrons. The van der Waals surface area contributed by atoms with Gasteiger partial charge < -0.3 is 39.9 Å². The molecule has 1 aliphatic rings. The standard InChI is InChI=1S/C38H75O12P/c1-3-5-7-9-11-13-15-16-17-18-20-22-24-26-28-47-29-31(49-32(39)27-25-23-21-19-14-12-10-8-6-4-2)30-48-51(45,46)50-38-36(43)34(41)33(40)35(42)37(38)44/h31,33-38,40-44H,3-30H2,1-2H3,(H,45,46). The second-order valence-corrected chi connectivity index (χ2v) is 15.9. The Bertz CT molecular complexity index is 864. The number of aliphatic hydroxyl groups is 5. The number of carbonyl (C=O) groups is 1. The molecule has 51 heavy (non-hydrogen) atoms. The van der Waals surface area contributed by atoms with Crippen LogP contribution in [0.2, 0.25) is 0 Å². The van der Waals surface area contributed by atoms with Crippen LogP contribution in [0.15, 0.2) is 0 Å². The molecule has 6 N–H and O–H groups in total. The van der Waals surface area contributed by atoms with Crippen LogP contribution in [-0.4, -0.2) is 98.9 Å². The lowest BCUT2D eigenvalue weighted by molar-refractivity contribution is -0.220. The van der Waals surface area contributed by atoms with E-state index in [0.29, 0.717) is 13.0 Å². The summed E-state index contributed by atoms with van der Waals surface area (Å²) in [6.07, 6.45) is 16.1. The van der Waals surface area contributed by atoms with Crippen LogP contribution in [-0.2, 0) is 27.9 Å². The first-order chi connectivity index (χ1) is 24.5. The van der Waals surface area contributed by atoms with Crippen molar-refractivity contribution in [1.82, 2.24) is 0 Å². The number of phosphoric acid groups is 1. The maximum absolute atomic E-state index is 12.7. The fraction of sp³-hybridized carbons (Fsp3) is 0.974. The summed E-state index contributed by atoms with van der Waals surface area (Å²) in [5, 5.41) is 49.9. The number of esters is 1. The molecule has 13 heteroatoms. The molecule has 1 aliphatic carbocycles. The second-order valence-electron chi connectivity index (χ2n) is 14.5. The van der Waals surface area contributed by atoms with E-state index in [4.69, 9.17) is 18.5 Å². The van der Waals surface area contributed by atoms with Crippen LogP contribution in [0.25, 0.3) is 0 Å². The van der Waals surface area contributed by atoms with E-state index in [0.717, 1.165) is 38.5 Å². The lowest BCUT2D eigenvalue weighted by Crippen LogP contribution is -2.64. The van der Waals surface area contributed by atoms with Crippen LogP contribution in [0.5, 0.6) is 0 Å². The first-order valence-corrected chi connectivity index (χ1v) is 21.9. The van der Waals surface area contributed by atoms with Gasteiger partial charge in [0.15, 0.2) is 0 Å². The number of ether oxygens (including phenoxy) is 2. The summed E-state index contributed by atoms with van der Waals surface area (Å²) in [6.45, 7) is 4.24. The predicted molar refractivity (Wildman–Crippen MR) is 198 cm³/mol. The quantitative estimate of drug-likeness (QED) is 0.0224. The Morgan fingerprint density at radius 3 is 1.35 bits per heavy atom. The van der Waals surface area contributed by atoms with E-state index in [1.54, 1.807) is 0 Å². The highest BCUT2D eigenvalue weighted by Crippen LogP contribution is 2.47. The lowest BCUT2D eigenvalue weighted by Gasteiger charge is -2.41. The maximum Gasteiger partial charge on any atom is 0.472 e. The summed E-state index contributed by atoms with van der Waals surface area (Å²) in [5.74, 6) is -0.477. The first kappa shape index (κ1) is 48.4. The number of aliphatic hydroxyl groups excluding tert-OH is 5. The third-order valence-electron chi connectivity index (χ3n) is 9.73. The van der Waals surface area contributed by atoms with Crippen LogP contribution in [0.4, 0.5) is 0 Å². The van der Waals surface area contributed by atoms with Gasteiger partial charge in [-0.1, -0.05) is 155 Å². The number of hydrogen-bond donors (Lipinski definition) is 6. The van der Waals surface area contributed by atoms with E-state index in [-0.39, 0.29) is 13.0 Å². The fourth-order valence-corrected chi connectivity index (χ4v) is 7.39. The third-order valence-corrected chi connectivity index (χ3v) is 10.7. The number of carbonyl (C=O) groups excluding carboxylic acids is 1. The SMILES string of the molecule is CCCCCCCCCCCCCCCCOCC(COP(=O)(O)OC1C(O)C(O)C(O)C(O)C1O)OC(=O)CCCCCCCCCCCC. The van der Waals surface area contributed by atoms with Gasteiger partial charge >= 0.3 is 13.8 Å². The van der Waals surface area contributed by atoms with Crippen LogP contribution in [0.3, 0.4) is 0 Å². The molecule has 0 aliphatic heterocycles. The van der Waals surface area contributed by atoms with Crippen molar-refractivity contribution in [3.63, 3.8) is 0 Å². The molecule has 0 aromatic heterocycles. The zero-order valence-electron chi connectivity index (χ0n) is 31.9. The van der Waals surface area contributed by atoms with Crippen molar-refractivity contribution >= 4 is 13.8 Å². The second kappa shape index (κ2) is 30.6. The van der Waals surface area contributed by atoms with Crippen molar-refractivity contribution in [3.8, 4) is 0 Å². The van der Waals surface area contributed by atoms with Crippen molar-refractivity contribution in [1.29, 1.82) is 0 Å². The average Bonchev–Trinajstić information content (AvgIpc) is 3.11. The molecule has 0 saturated heterocycles. The summed E-state index contributed by atoms with van der Waals surface area (Å²) < 4.78 is 34.0. The molecule has 0 aromatic rings. The van der Waals surface area contributed by atoms with Crippen molar-refractivity contribution in [2.45, 2.75) is 217 Å². The minimum atomic E-state index is -5.00. The Labute approximate surface area is 308 Å². The van der Waals surface area contributed by atoms with Gasteiger partial charge in [0.1, 0.15) is 42.7 Å². The topological polar surface area (TPSA) is 192 Å². The highest BCUT2D eigenvalue weighted by Gasteiger charge is 2.51. The van der Waals surface area contributed by atoms with Gasteiger partial charge in [0, 0.05) is 13.0 Å². The minimum absolute atomic E-state index is 0.0689. The molecule has 1 fully saturated rings. The fourth-order valence-electron chi connectivity index (χ4n) is 6.41. The molecule has 0 radical (unpaired) electrons. The predicted octanol–water partition coefficient (Wildman–Crippen LogP) is 7.03. The number of hydrogen-bond acceptors (Lipinski definition) is 11. The molecule has 6 unspecified atom stereocenters. The molecule has 0 heterocycles. The highest BCUT2D eigenvalue weighted by atomic mass is 31.2. The molecule has 0 amide bonds. The van der Waals surface area contributed by atoms with Crippen molar-refractivity contribution in [2.24, 2.45) is 0 Å². The number of rotatable bonds is 34. The van der Waals surface area contributed by atoms with Gasteiger partial charge in [0.2, 0.25) is 0 Å². The van der Waals surface area contributed by atoms with E-state index in [2.05, 4.69) is 13.8 Å². The highest BCUT2D eigenvalue weighted by molar-refractivity contribution is 7.47. The van der Waals surface area contributed by atoms with Crippen LogP contribution in [0, 0.1) is 0 Å². The van der Waals surface area contributed by atoms with E-state index >= 15 is 0 Å². The third kappa shape index (κ3) is 23.7. The van der Waals surface area contributed by atoms with Crippen molar-refractivity contribution in [2.75, 3.05) is 19.8 Å². The largest absolute Gasteiger partial charge is 0.472 e. The Balaban J connectivity index is 2.43. The molecular formula is C38H75O12P. The van der Waals surface area contributed by atoms with Crippen LogP contribution in [0.1, 0.15) is 174 Å². The average molecular weight is 755 g/mol. The van der Waals surface area contributed by atoms with Gasteiger partial charge in [0.25, 0.3) is 0 Å². The zero-order chi connectivity index (χ0) is 37.7. The summed E-state index contributed by atoms with van der Waals surface area (Å²) in [4.78, 5) is 23.0. The minimum Gasteiger partial charge on any atom is -0.457 e. The summed E-state index contributed by atoms with van der Waals surface area (Å²) in [7, 11) is -5.00. The Hall–Kier alpha value is -0.660. The maximum atomic E-state index is 12.7. The van der Waals surface area contributed by atoms with E-state index in [9.17, 15) is 39.8 Å². The van der Waals surface area contributed by atoms with Gasteiger partial charge in [-0.2, -0.15) is 0 Å². The van der Waals surface area contributed by atoms with Gasteiger partial charge in [-0.05, 0) is 12.8 Å². The smallest absolute Gasteiger partial charge is 0.457 e. The molecule has 0 spiro atoms. The number of phosphoric ester groups is 1. The number of unbranched alkanes of at least 4 members (excludes halogenated alkanes) is 22. The zero-order valence-corrected chi connectivity index (χ0v) is 32.8. The molecule has 6 atom stereocenters. The van der Waals surface area contributed by atoms with E-state index in [1.807, 2.05) is 0 Å². The normalized spacial score (nSPS) is 24.0. The van der Waals surface area contributed by atoms with Gasteiger partial charge in [-0.15, -0.1) is 0 Å². The molecular weight excluding hydrogens is 679 g/mol. The summed E-state index contributed by atoms with van der Waals surface area (Å²) in [5.41, 5.74) is 0. The molecule has 1 rings (SSSR count).